The summed E-state index contributed by atoms with van der Waals surface area (Å²) in [4.78, 5) is 11.5. The molecule has 4 nitrogen and oxygen atoms in total. The average molecular weight is 261 g/mol. The van der Waals surface area contributed by atoms with Crippen LogP contribution in [0.4, 0.5) is 14.9 Å². The minimum atomic E-state index is -0.607. The third-order valence-electron chi connectivity index (χ3n) is 2.25. The largest absolute Gasteiger partial charge is 0.394 e. The summed E-state index contributed by atoms with van der Waals surface area (Å²) in [5.41, 5.74) is -0.0699. The zero-order valence-corrected chi connectivity index (χ0v) is 10.1. The molecular formula is C11H14ClFN2O2. The summed E-state index contributed by atoms with van der Waals surface area (Å²) in [5.74, 6) is -0.607. The van der Waals surface area contributed by atoms with Gasteiger partial charge in [0.1, 0.15) is 5.82 Å². The number of carbonyl (C=O) groups excluding carboxylic acids is 1. The number of carbonyl (C=O) groups is 1. The van der Waals surface area contributed by atoms with Gasteiger partial charge in [-0.2, -0.15) is 0 Å². The van der Waals surface area contributed by atoms with Gasteiger partial charge in [-0.3, -0.25) is 0 Å². The van der Waals surface area contributed by atoms with Crippen LogP contribution in [0.5, 0.6) is 0 Å². The van der Waals surface area contributed by atoms with Crippen molar-refractivity contribution in [3.63, 3.8) is 0 Å². The molecule has 0 aliphatic heterocycles. The number of hydrogen-bond donors (Lipinski definition) is 3. The molecule has 1 aromatic rings. The van der Waals surface area contributed by atoms with Gasteiger partial charge in [-0.1, -0.05) is 24.6 Å². The van der Waals surface area contributed by atoms with Crippen molar-refractivity contribution in [1.29, 1.82) is 0 Å². The quantitative estimate of drug-likeness (QED) is 0.778. The van der Waals surface area contributed by atoms with Crippen LogP contribution in [0.25, 0.3) is 0 Å². The van der Waals surface area contributed by atoms with Crippen molar-refractivity contribution >= 4 is 23.3 Å². The maximum atomic E-state index is 13.3. The number of para-hydroxylation sites is 1. The number of amides is 2. The van der Waals surface area contributed by atoms with E-state index in [2.05, 4.69) is 10.6 Å². The number of halogens is 2. The zero-order chi connectivity index (χ0) is 12.8. The second-order valence-electron chi connectivity index (χ2n) is 3.48. The molecule has 1 unspecified atom stereocenters. The van der Waals surface area contributed by atoms with Crippen molar-refractivity contribution in [1.82, 2.24) is 5.32 Å². The molecule has 17 heavy (non-hydrogen) atoms. The Morgan fingerprint density at radius 2 is 2.29 bits per heavy atom. The molecule has 0 spiro atoms. The van der Waals surface area contributed by atoms with Crippen LogP contribution in [-0.4, -0.2) is 23.8 Å². The Bertz CT molecular complexity index is 377. The van der Waals surface area contributed by atoms with Crippen LogP contribution in [0.1, 0.15) is 13.3 Å². The molecule has 0 radical (unpaired) electrons. The zero-order valence-electron chi connectivity index (χ0n) is 9.34. The minimum Gasteiger partial charge on any atom is -0.394 e. The monoisotopic (exact) mass is 260 g/mol. The average Bonchev–Trinajstić information content (AvgIpc) is 2.31. The van der Waals surface area contributed by atoms with Gasteiger partial charge < -0.3 is 15.7 Å². The number of hydrogen-bond acceptors (Lipinski definition) is 2. The van der Waals surface area contributed by atoms with Crippen LogP contribution in [0, 0.1) is 5.82 Å². The Morgan fingerprint density at radius 3 is 2.82 bits per heavy atom. The topological polar surface area (TPSA) is 61.4 Å². The van der Waals surface area contributed by atoms with Gasteiger partial charge in [0.05, 0.1) is 23.4 Å². The summed E-state index contributed by atoms with van der Waals surface area (Å²) in [6, 6.07) is 3.16. The lowest BCUT2D eigenvalue weighted by Gasteiger charge is -2.15. The van der Waals surface area contributed by atoms with Gasteiger partial charge >= 0.3 is 6.03 Å². The second kappa shape index (κ2) is 6.42. The second-order valence-corrected chi connectivity index (χ2v) is 3.89. The fourth-order valence-electron chi connectivity index (χ4n) is 1.23. The number of aliphatic hydroxyl groups excluding tert-OH is 1. The van der Waals surface area contributed by atoms with Gasteiger partial charge in [-0.25, -0.2) is 9.18 Å². The maximum absolute atomic E-state index is 13.3. The minimum absolute atomic E-state index is 0.0699. The van der Waals surface area contributed by atoms with E-state index in [9.17, 15) is 9.18 Å². The molecule has 1 aromatic carbocycles. The molecule has 0 aromatic heterocycles. The number of urea groups is 1. The Balaban J connectivity index is 2.68. The molecule has 94 valence electrons. The predicted octanol–water partition coefficient (Wildman–Crippen LogP) is 2.37. The van der Waals surface area contributed by atoms with E-state index in [0.29, 0.717) is 6.42 Å². The van der Waals surface area contributed by atoms with E-state index in [-0.39, 0.29) is 23.4 Å². The number of benzene rings is 1. The molecule has 0 fully saturated rings. The van der Waals surface area contributed by atoms with Crippen molar-refractivity contribution in [2.45, 2.75) is 19.4 Å². The van der Waals surface area contributed by atoms with Crippen LogP contribution in [0.15, 0.2) is 18.2 Å². The molecule has 1 rings (SSSR count). The standard InChI is InChI=1S/C11H14ClFN2O2/c1-2-7(6-16)14-11(17)15-10-8(12)4-3-5-9(10)13/h3-5,7,16H,2,6H2,1H3,(H2,14,15,17). The van der Waals surface area contributed by atoms with Crippen LogP contribution >= 0.6 is 11.6 Å². The van der Waals surface area contributed by atoms with E-state index in [0.717, 1.165) is 0 Å². The highest BCUT2D eigenvalue weighted by molar-refractivity contribution is 6.33. The number of anilines is 1. The van der Waals surface area contributed by atoms with E-state index in [4.69, 9.17) is 16.7 Å². The molecule has 0 heterocycles. The molecule has 0 aliphatic rings. The first kappa shape index (κ1) is 13.7. The Kier molecular flexibility index (Phi) is 5.18. The molecule has 0 saturated heterocycles. The van der Waals surface area contributed by atoms with Gasteiger partial charge in [-0.15, -0.1) is 0 Å². The highest BCUT2D eigenvalue weighted by Crippen LogP contribution is 2.24. The first-order valence-electron chi connectivity index (χ1n) is 5.20. The van der Waals surface area contributed by atoms with E-state index < -0.39 is 11.8 Å². The molecular weight excluding hydrogens is 247 g/mol. The van der Waals surface area contributed by atoms with Crippen LogP contribution < -0.4 is 10.6 Å². The van der Waals surface area contributed by atoms with E-state index in [1.54, 1.807) is 0 Å². The third kappa shape index (κ3) is 3.87. The molecule has 3 N–H and O–H groups in total. The van der Waals surface area contributed by atoms with Gasteiger partial charge in [0.25, 0.3) is 0 Å². The fraction of sp³-hybridized carbons (Fsp3) is 0.364. The smallest absolute Gasteiger partial charge is 0.319 e. The summed E-state index contributed by atoms with van der Waals surface area (Å²) in [5, 5.41) is 13.8. The Labute approximate surface area is 104 Å². The van der Waals surface area contributed by atoms with Crippen LogP contribution in [-0.2, 0) is 0 Å². The van der Waals surface area contributed by atoms with Crippen LogP contribution in [0.3, 0.4) is 0 Å². The first-order valence-corrected chi connectivity index (χ1v) is 5.58. The van der Waals surface area contributed by atoms with Gasteiger partial charge in [0.2, 0.25) is 0 Å². The summed E-state index contributed by atoms with van der Waals surface area (Å²) >= 11 is 5.75. The predicted molar refractivity (Wildman–Crippen MR) is 64.7 cm³/mol. The maximum Gasteiger partial charge on any atom is 0.319 e. The van der Waals surface area contributed by atoms with Crippen molar-refractivity contribution in [3.8, 4) is 0 Å². The normalized spacial score (nSPS) is 12.0. The lowest BCUT2D eigenvalue weighted by molar-refractivity contribution is 0.222. The fourth-order valence-corrected chi connectivity index (χ4v) is 1.44. The number of aliphatic hydroxyl groups is 1. The van der Waals surface area contributed by atoms with Crippen molar-refractivity contribution in [3.05, 3.63) is 29.0 Å². The van der Waals surface area contributed by atoms with Gasteiger partial charge in [-0.05, 0) is 18.6 Å². The summed E-state index contributed by atoms with van der Waals surface area (Å²) in [7, 11) is 0. The third-order valence-corrected chi connectivity index (χ3v) is 2.56. The SMILES string of the molecule is CCC(CO)NC(=O)Nc1c(F)cccc1Cl. The highest BCUT2D eigenvalue weighted by Gasteiger charge is 2.13. The molecule has 2 amide bonds. The highest BCUT2D eigenvalue weighted by atomic mass is 35.5. The number of rotatable bonds is 4. The van der Waals surface area contributed by atoms with E-state index >= 15 is 0 Å². The van der Waals surface area contributed by atoms with Gasteiger partial charge in [0.15, 0.2) is 0 Å². The van der Waals surface area contributed by atoms with Crippen molar-refractivity contribution in [2.75, 3.05) is 11.9 Å². The van der Waals surface area contributed by atoms with Crippen molar-refractivity contribution in [2.24, 2.45) is 0 Å². The van der Waals surface area contributed by atoms with Gasteiger partial charge in [0, 0.05) is 0 Å². The van der Waals surface area contributed by atoms with E-state index in [1.807, 2.05) is 6.92 Å². The number of nitrogens with one attached hydrogen (secondary N) is 2. The lowest BCUT2D eigenvalue weighted by Crippen LogP contribution is -2.39. The molecule has 0 saturated carbocycles. The molecule has 0 aliphatic carbocycles. The van der Waals surface area contributed by atoms with Crippen LogP contribution in [0.2, 0.25) is 5.02 Å². The molecule has 1 atom stereocenters. The Morgan fingerprint density at radius 1 is 1.59 bits per heavy atom. The molecule has 0 bridgehead atoms. The summed E-state index contributed by atoms with van der Waals surface area (Å²) in [6.07, 6.45) is 0.578. The molecule has 6 heteroatoms. The van der Waals surface area contributed by atoms with Crippen molar-refractivity contribution < 1.29 is 14.3 Å². The Hall–Kier alpha value is -1.33. The summed E-state index contributed by atoms with van der Waals surface area (Å²) in [6.45, 7) is 1.65. The lowest BCUT2D eigenvalue weighted by atomic mass is 10.2. The summed E-state index contributed by atoms with van der Waals surface area (Å²) < 4.78 is 13.3. The first-order chi connectivity index (χ1) is 8.08. The van der Waals surface area contributed by atoms with E-state index in [1.165, 1.54) is 18.2 Å².